The lowest BCUT2D eigenvalue weighted by Crippen LogP contribution is -2.56. The van der Waals surface area contributed by atoms with E-state index in [-0.39, 0.29) is 55.5 Å². The number of benzene rings is 3. The fourth-order valence-electron chi connectivity index (χ4n) is 4.66. The van der Waals surface area contributed by atoms with Crippen molar-refractivity contribution in [2.45, 2.75) is 44.3 Å². The predicted octanol–water partition coefficient (Wildman–Crippen LogP) is 4.38. The van der Waals surface area contributed by atoms with Crippen LogP contribution in [0.3, 0.4) is 0 Å². The number of amides is 3. The number of nitrogens with two attached hydrogens (primary N) is 1. The first kappa shape index (κ1) is 29.3. The Morgan fingerprint density at radius 1 is 0.900 bits per heavy atom. The third-order valence-corrected chi connectivity index (χ3v) is 7.55. The third kappa shape index (κ3) is 7.27. The SMILES string of the molecule is NCCC(NC(=O)[C@@H]1Cc2ccccc2CN1C(=O)CCC(=O)c1ccccc1)C(=O)Nc1ccc(Cl)c(Cl)c1. The molecule has 1 unspecified atom stereocenters. The second-order valence-corrected chi connectivity index (χ2v) is 10.4. The summed E-state index contributed by atoms with van der Waals surface area (Å²) in [5.41, 5.74) is 8.58. The summed E-state index contributed by atoms with van der Waals surface area (Å²) < 4.78 is 0. The van der Waals surface area contributed by atoms with E-state index in [0.717, 1.165) is 11.1 Å². The van der Waals surface area contributed by atoms with Gasteiger partial charge in [-0.3, -0.25) is 19.2 Å². The van der Waals surface area contributed by atoms with Crippen molar-refractivity contribution in [3.8, 4) is 0 Å². The number of nitrogens with one attached hydrogen (secondary N) is 2. The summed E-state index contributed by atoms with van der Waals surface area (Å²) in [6.45, 7) is 0.376. The Hall–Kier alpha value is -3.72. The number of ketones is 1. The zero-order valence-electron chi connectivity index (χ0n) is 21.7. The number of halogens is 2. The molecule has 4 N–H and O–H groups in total. The van der Waals surface area contributed by atoms with Crippen LogP contribution in [0.4, 0.5) is 5.69 Å². The van der Waals surface area contributed by atoms with E-state index in [4.69, 9.17) is 28.9 Å². The molecule has 0 fully saturated rings. The molecular formula is C30H30Cl2N4O4. The minimum absolute atomic E-state index is 0.0250. The van der Waals surface area contributed by atoms with Gasteiger partial charge in [-0.25, -0.2) is 0 Å². The largest absolute Gasteiger partial charge is 0.342 e. The molecule has 4 rings (SSSR count). The number of hydrogen-bond acceptors (Lipinski definition) is 5. The summed E-state index contributed by atoms with van der Waals surface area (Å²) >= 11 is 12.0. The number of rotatable bonds is 10. The van der Waals surface area contributed by atoms with Crippen molar-refractivity contribution in [1.29, 1.82) is 0 Å². The Morgan fingerprint density at radius 3 is 2.30 bits per heavy atom. The maximum absolute atomic E-state index is 13.6. The summed E-state index contributed by atoms with van der Waals surface area (Å²) in [7, 11) is 0. The Morgan fingerprint density at radius 2 is 1.60 bits per heavy atom. The molecule has 2 atom stereocenters. The number of nitrogens with zero attached hydrogens (tertiary/aromatic N) is 1. The summed E-state index contributed by atoms with van der Waals surface area (Å²) in [5, 5.41) is 6.14. The molecular weight excluding hydrogens is 551 g/mol. The van der Waals surface area contributed by atoms with Gasteiger partial charge in [0.15, 0.2) is 5.78 Å². The van der Waals surface area contributed by atoms with Crippen LogP contribution in [0.2, 0.25) is 10.0 Å². The van der Waals surface area contributed by atoms with Crippen molar-refractivity contribution in [2.24, 2.45) is 5.73 Å². The number of anilines is 1. The highest BCUT2D eigenvalue weighted by Gasteiger charge is 2.36. The molecule has 10 heteroatoms. The number of carbonyl (C=O) groups is 4. The first-order valence-electron chi connectivity index (χ1n) is 13.0. The van der Waals surface area contributed by atoms with Gasteiger partial charge in [0.2, 0.25) is 17.7 Å². The van der Waals surface area contributed by atoms with Gasteiger partial charge in [-0.05, 0) is 42.3 Å². The fourth-order valence-corrected chi connectivity index (χ4v) is 4.96. The van der Waals surface area contributed by atoms with Crippen LogP contribution < -0.4 is 16.4 Å². The molecule has 1 aliphatic heterocycles. The zero-order chi connectivity index (χ0) is 28.6. The van der Waals surface area contributed by atoms with E-state index in [2.05, 4.69) is 10.6 Å². The lowest BCUT2D eigenvalue weighted by atomic mass is 9.92. The van der Waals surface area contributed by atoms with Crippen LogP contribution in [0.15, 0.2) is 72.8 Å². The highest BCUT2D eigenvalue weighted by Crippen LogP contribution is 2.26. The highest BCUT2D eigenvalue weighted by atomic mass is 35.5. The Kier molecular flexibility index (Phi) is 9.93. The lowest BCUT2D eigenvalue weighted by molar-refractivity contribution is -0.142. The van der Waals surface area contributed by atoms with E-state index in [0.29, 0.717) is 16.3 Å². The highest BCUT2D eigenvalue weighted by molar-refractivity contribution is 6.42. The summed E-state index contributed by atoms with van der Waals surface area (Å²) in [4.78, 5) is 54.1. The molecule has 0 radical (unpaired) electrons. The topological polar surface area (TPSA) is 122 Å². The molecule has 0 bridgehead atoms. The molecule has 0 aliphatic carbocycles. The number of hydrogen-bond donors (Lipinski definition) is 3. The summed E-state index contributed by atoms with van der Waals surface area (Å²) in [6, 6.07) is 19.2. The van der Waals surface area contributed by atoms with Crippen LogP contribution in [-0.2, 0) is 27.3 Å². The van der Waals surface area contributed by atoms with Crippen molar-refractivity contribution in [3.63, 3.8) is 0 Å². The van der Waals surface area contributed by atoms with Crippen LogP contribution in [0.1, 0.15) is 40.7 Å². The van der Waals surface area contributed by atoms with Crippen LogP contribution in [0.5, 0.6) is 0 Å². The van der Waals surface area contributed by atoms with Gasteiger partial charge in [0.1, 0.15) is 12.1 Å². The second kappa shape index (κ2) is 13.6. The molecule has 3 aromatic carbocycles. The average molecular weight is 582 g/mol. The molecule has 40 heavy (non-hydrogen) atoms. The van der Waals surface area contributed by atoms with Crippen LogP contribution in [-0.4, -0.2) is 47.0 Å². The zero-order valence-corrected chi connectivity index (χ0v) is 23.3. The van der Waals surface area contributed by atoms with Crippen molar-refractivity contribution >= 4 is 52.4 Å². The predicted molar refractivity (Wildman–Crippen MR) is 155 cm³/mol. The first-order valence-corrected chi connectivity index (χ1v) is 13.7. The van der Waals surface area contributed by atoms with Gasteiger partial charge in [-0.2, -0.15) is 0 Å². The quantitative estimate of drug-likeness (QED) is 0.307. The maximum Gasteiger partial charge on any atom is 0.247 e. The van der Waals surface area contributed by atoms with Gasteiger partial charge in [-0.15, -0.1) is 0 Å². The van der Waals surface area contributed by atoms with Crippen LogP contribution in [0.25, 0.3) is 0 Å². The molecule has 208 valence electrons. The van der Waals surface area contributed by atoms with Crippen LogP contribution in [0, 0.1) is 0 Å². The Bertz CT molecular complexity index is 1400. The molecule has 1 aliphatic rings. The van der Waals surface area contributed by atoms with Crippen molar-refractivity contribution in [1.82, 2.24) is 10.2 Å². The molecule has 1 heterocycles. The van der Waals surface area contributed by atoms with Crippen LogP contribution >= 0.6 is 23.2 Å². The first-order chi connectivity index (χ1) is 19.3. The standard InChI is InChI=1S/C30H30Cl2N4O4/c31-23-11-10-22(17-24(23)32)34-29(39)25(14-15-33)35-30(40)26-16-20-8-4-5-9-21(20)18-36(26)28(38)13-12-27(37)19-6-2-1-3-7-19/h1-11,17,25-26H,12-16,18,33H2,(H,34,39)(H,35,40)/t25?,26-/m0/s1. The molecule has 0 saturated heterocycles. The van der Waals surface area contributed by atoms with E-state index in [1.54, 1.807) is 36.4 Å². The van der Waals surface area contributed by atoms with Crippen molar-refractivity contribution in [3.05, 3.63) is 99.5 Å². The lowest BCUT2D eigenvalue weighted by Gasteiger charge is -2.36. The number of fused-ring (bicyclic) bond motifs is 1. The van der Waals surface area contributed by atoms with E-state index in [1.807, 2.05) is 30.3 Å². The van der Waals surface area contributed by atoms with Gasteiger partial charge in [0.25, 0.3) is 0 Å². The minimum Gasteiger partial charge on any atom is -0.342 e. The van der Waals surface area contributed by atoms with Gasteiger partial charge in [0.05, 0.1) is 10.0 Å². The summed E-state index contributed by atoms with van der Waals surface area (Å²) in [5.74, 6) is -1.40. The van der Waals surface area contributed by atoms with Crippen molar-refractivity contribution < 1.29 is 19.2 Å². The smallest absolute Gasteiger partial charge is 0.247 e. The van der Waals surface area contributed by atoms with E-state index < -0.39 is 23.9 Å². The average Bonchev–Trinajstić information content (AvgIpc) is 2.97. The molecule has 0 saturated carbocycles. The third-order valence-electron chi connectivity index (χ3n) is 6.81. The molecule has 8 nitrogen and oxygen atoms in total. The van der Waals surface area contributed by atoms with Gasteiger partial charge < -0.3 is 21.3 Å². The molecule has 0 aromatic heterocycles. The minimum atomic E-state index is -0.944. The van der Waals surface area contributed by atoms with Gasteiger partial charge >= 0.3 is 0 Å². The normalized spacial score (nSPS) is 15.1. The number of Topliss-reactive ketones (excluding diaryl/α,β-unsaturated/α-hetero) is 1. The Labute approximate surface area is 242 Å². The molecule has 3 amide bonds. The number of carbonyl (C=O) groups excluding carboxylic acids is 4. The van der Waals surface area contributed by atoms with Crippen molar-refractivity contribution in [2.75, 3.05) is 11.9 Å². The monoisotopic (exact) mass is 580 g/mol. The molecule has 0 spiro atoms. The second-order valence-electron chi connectivity index (χ2n) is 9.56. The maximum atomic E-state index is 13.6. The van der Waals surface area contributed by atoms with E-state index >= 15 is 0 Å². The van der Waals surface area contributed by atoms with E-state index in [1.165, 1.54) is 11.0 Å². The Balaban J connectivity index is 1.49. The molecule has 3 aromatic rings. The van der Waals surface area contributed by atoms with E-state index in [9.17, 15) is 19.2 Å². The van der Waals surface area contributed by atoms with Gasteiger partial charge in [0, 0.05) is 37.1 Å². The fraction of sp³-hybridized carbons (Fsp3) is 0.267. The summed E-state index contributed by atoms with van der Waals surface area (Å²) in [6.07, 6.45) is 0.451. The van der Waals surface area contributed by atoms with Gasteiger partial charge in [-0.1, -0.05) is 77.8 Å².